The van der Waals surface area contributed by atoms with E-state index >= 15 is 0 Å². The first-order valence-electron chi connectivity index (χ1n) is 12.3. The lowest BCUT2D eigenvalue weighted by Gasteiger charge is -2.39. The molecule has 0 amide bonds. The van der Waals surface area contributed by atoms with Gasteiger partial charge in [-0.3, -0.25) is 9.69 Å². The number of ether oxygens (including phenoxy) is 1. The third kappa shape index (κ3) is 5.64. The number of aryl methyl sites for hydroxylation is 1. The Morgan fingerprint density at radius 3 is 2.43 bits per heavy atom. The normalized spacial score (nSPS) is 18.7. The van der Waals surface area contributed by atoms with E-state index in [0.29, 0.717) is 43.3 Å². The quantitative estimate of drug-likeness (QED) is 0.477. The fourth-order valence-corrected chi connectivity index (χ4v) is 6.50. The summed E-state index contributed by atoms with van der Waals surface area (Å²) >= 11 is 0. The molecule has 0 spiro atoms. The molecule has 1 aromatic carbocycles. The number of imidazole rings is 1. The molecule has 5 rings (SSSR count). The highest BCUT2D eigenvalue weighted by molar-refractivity contribution is 7.89. The Morgan fingerprint density at radius 1 is 0.971 bits per heavy atom. The Labute approximate surface area is 206 Å². The molecule has 0 saturated carbocycles. The van der Waals surface area contributed by atoms with Gasteiger partial charge in [0.25, 0.3) is 0 Å². The third-order valence-corrected chi connectivity index (χ3v) is 9.00. The van der Waals surface area contributed by atoms with Gasteiger partial charge in [0.05, 0.1) is 18.1 Å². The number of hydrogen-bond acceptors (Lipinski definition) is 6. The number of Topliss-reactive ketones (excluding diaryl/α,β-unsaturated/α-hetero) is 1. The van der Waals surface area contributed by atoms with Gasteiger partial charge in [0, 0.05) is 63.7 Å². The molecule has 2 aliphatic heterocycles. The van der Waals surface area contributed by atoms with Crippen LogP contribution >= 0.6 is 0 Å². The molecule has 2 saturated heterocycles. The van der Waals surface area contributed by atoms with E-state index in [1.807, 2.05) is 28.9 Å². The molecule has 2 aromatic heterocycles. The number of morpholine rings is 1. The summed E-state index contributed by atoms with van der Waals surface area (Å²) in [6, 6.07) is 11.2. The lowest BCUT2D eigenvalue weighted by Crippen LogP contribution is -2.50. The number of sulfonamides is 1. The van der Waals surface area contributed by atoms with Gasteiger partial charge in [-0.05, 0) is 48.6 Å². The van der Waals surface area contributed by atoms with Crippen LogP contribution in [0.15, 0.2) is 59.9 Å². The van der Waals surface area contributed by atoms with Crippen molar-refractivity contribution in [2.45, 2.75) is 43.0 Å². The largest absolute Gasteiger partial charge is 0.379 e. The molecular formula is C26H32N4O4S. The second-order valence-electron chi connectivity index (χ2n) is 9.37. The minimum absolute atomic E-state index is 0.136. The Balaban J connectivity index is 1.13. The first-order chi connectivity index (χ1) is 17.0. The average molecular weight is 497 g/mol. The molecule has 0 unspecified atom stereocenters. The van der Waals surface area contributed by atoms with Crippen LogP contribution in [-0.2, 0) is 32.4 Å². The van der Waals surface area contributed by atoms with Crippen LogP contribution < -0.4 is 0 Å². The second-order valence-corrected chi connectivity index (χ2v) is 11.3. The number of pyridine rings is 1. The summed E-state index contributed by atoms with van der Waals surface area (Å²) in [4.78, 5) is 19.5. The number of piperidine rings is 1. The highest BCUT2D eigenvalue weighted by atomic mass is 32.2. The maximum atomic E-state index is 13.2. The van der Waals surface area contributed by atoms with E-state index in [1.54, 1.807) is 34.8 Å². The lowest BCUT2D eigenvalue weighted by atomic mass is 10.0. The summed E-state index contributed by atoms with van der Waals surface area (Å²) in [5.41, 5.74) is 2.81. The molecule has 8 nitrogen and oxygen atoms in total. The predicted octanol–water partition coefficient (Wildman–Crippen LogP) is 2.56. The smallest absolute Gasteiger partial charge is 0.243 e. The standard InChI is InChI=1S/C26H32N4O4S/c31-24(5-1-22-4-8-26-27-11-14-29(26)20-22)19-21-2-6-25(7-3-21)35(32,33)30-12-9-23(10-13-30)28-15-17-34-18-16-28/h2-4,6-8,11,14,20,23H,1,5,9-10,12-13,15-19H2. The van der Waals surface area contributed by atoms with Crippen LogP contribution in [0.1, 0.15) is 30.4 Å². The molecule has 2 fully saturated rings. The number of nitrogens with zero attached hydrogens (tertiary/aromatic N) is 4. The molecule has 35 heavy (non-hydrogen) atoms. The molecule has 0 aliphatic carbocycles. The van der Waals surface area contributed by atoms with Gasteiger partial charge in [0.1, 0.15) is 11.4 Å². The number of aromatic nitrogens is 2. The van der Waals surface area contributed by atoms with Crippen LogP contribution in [0.2, 0.25) is 0 Å². The van der Waals surface area contributed by atoms with Gasteiger partial charge in [0.15, 0.2) is 0 Å². The van der Waals surface area contributed by atoms with Crippen molar-refractivity contribution in [1.82, 2.24) is 18.6 Å². The maximum Gasteiger partial charge on any atom is 0.243 e. The zero-order valence-corrected chi connectivity index (χ0v) is 20.7. The summed E-state index contributed by atoms with van der Waals surface area (Å²) in [6.07, 6.45) is 8.75. The van der Waals surface area contributed by atoms with E-state index in [2.05, 4.69) is 9.88 Å². The number of benzene rings is 1. The molecule has 9 heteroatoms. The van der Waals surface area contributed by atoms with E-state index in [0.717, 1.165) is 55.9 Å². The van der Waals surface area contributed by atoms with Crippen LogP contribution in [0.5, 0.6) is 0 Å². The van der Waals surface area contributed by atoms with E-state index in [1.165, 1.54) is 0 Å². The minimum Gasteiger partial charge on any atom is -0.379 e. The van der Waals surface area contributed by atoms with Crippen molar-refractivity contribution < 1.29 is 17.9 Å². The Kier molecular flexibility index (Phi) is 7.29. The Hall–Kier alpha value is -2.59. The van der Waals surface area contributed by atoms with Gasteiger partial charge in [-0.25, -0.2) is 13.4 Å². The van der Waals surface area contributed by atoms with Crippen molar-refractivity contribution >= 4 is 21.5 Å². The van der Waals surface area contributed by atoms with Crippen LogP contribution in [0.3, 0.4) is 0 Å². The molecule has 0 bridgehead atoms. The van der Waals surface area contributed by atoms with E-state index in [-0.39, 0.29) is 5.78 Å². The molecule has 186 valence electrons. The number of ketones is 1. The van der Waals surface area contributed by atoms with Crippen molar-refractivity contribution in [3.05, 3.63) is 66.1 Å². The van der Waals surface area contributed by atoms with Crippen molar-refractivity contribution in [3.8, 4) is 0 Å². The van der Waals surface area contributed by atoms with Crippen molar-refractivity contribution in [2.24, 2.45) is 0 Å². The summed E-state index contributed by atoms with van der Waals surface area (Å²) in [5, 5.41) is 0. The number of rotatable bonds is 8. The van der Waals surface area contributed by atoms with Crippen molar-refractivity contribution in [1.29, 1.82) is 0 Å². The first kappa shape index (κ1) is 24.1. The fraction of sp³-hybridized carbons (Fsp3) is 0.462. The molecule has 4 heterocycles. The molecule has 0 radical (unpaired) electrons. The summed E-state index contributed by atoms with van der Waals surface area (Å²) in [7, 11) is -3.52. The maximum absolute atomic E-state index is 13.2. The van der Waals surface area contributed by atoms with Gasteiger partial charge >= 0.3 is 0 Å². The van der Waals surface area contributed by atoms with Gasteiger partial charge in [0.2, 0.25) is 10.0 Å². The monoisotopic (exact) mass is 496 g/mol. The number of fused-ring (bicyclic) bond motifs is 1. The highest BCUT2D eigenvalue weighted by Gasteiger charge is 2.32. The molecule has 0 N–H and O–H groups in total. The minimum atomic E-state index is -3.52. The van der Waals surface area contributed by atoms with E-state index < -0.39 is 10.0 Å². The first-order valence-corrected chi connectivity index (χ1v) is 13.8. The van der Waals surface area contributed by atoms with Crippen LogP contribution in [0.25, 0.3) is 5.65 Å². The molecular weight excluding hydrogens is 464 g/mol. The molecule has 0 atom stereocenters. The van der Waals surface area contributed by atoms with Crippen LogP contribution in [0, 0.1) is 0 Å². The topological polar surface area (TPSA) is 84.2 Å². The Bertz CT molecular complexity index is 1260. The Morgan fingerprint density at radius 2 is 1.69 bits per heavy atom. The molecule has 2 aliphatic rings. The summed E-state index contributed by atoms with van der Waals surface area (Å²) in [6.45, 7) is 4.45. The lowest BCUT2D eigenvalue weighted by molar-refractivity contribution is -0.118. The second kappa shape index (κ2) is 10.6. The van der Waals surface area contributed by atoms with E-state index in [9.17, 15) is 13.2 Å². The average Bonchev–Trinajstić information content (AvgIpc) is 3.36. The van der Waals surface area contributed by atoms with Gasteiger partial charge in [-0.1, -0.05) is 18.2 Å². The highest BCUT2D eigenvalue weighted by Crippen LogP contribution is 2.24. The van der Waals surface area contributed by atoms with Crippen LogP contribution in [0.4, 0.5) is 0 Å². The van der Waals surface area contributed by atoms with Gasteiger partial charge < -0.3 is 9.14 Å². The SMILES string of the molecule is O=C(CCc1ccc2nccn2c1)Cc1ccc(S(=O)(=O)N2CCC(N3CCOCC3)CC2)cc1. The summed E-state index contributed by atoms with van der Waals surface area (Å²) in [5.74, 6) is 0.136. The van der Waals surface area contributed by atoms with Gasteiger partial charge in [-0.15, -0.1) is 0 Å². The van der Waals surface area contributed by atoms with Crippen molar-refractivity contribution in [3.63, 3.8) is 0 Å². The van der Waals surface area contributed by atoms with Gasteiger partial charge in [-0.2, -0.15) is 4.31 Å². The number of carbonyl (C=O) groups is 1. The van der Waals surface area contributed by atoms with Crippen molar-refractivity contribution in [2.75, 3.05) is 39.4 Å². The third-order valence-electron chi connectivity index (χ3n) is 7.09. The zero-order chi connectivity index (χ0) is 24.3. The van der Waals surface area contributed by atoms with E-state index in [4.69, 9.17) is 4.74 Å². The number of hydrogen-bond donors (Lipinski definition) is 0. The number of carbonyl (C=O) groups excluding carboxylic acids is 1. The zero-order valence-electron chi connectivity index (χ0n) is 19.9. The molecule has 3 aromatic rings. The van der Waals surface area contributed by atoms with Crippen LogP contribution in [-0.4, -0.2) is 78.2 Å². The summed E-state index contributed by atoms with van der Waals surface area (Å²) < 4.78 is 35.3. The predicted molar refractivity (Wildman–Crippen MR) is 133 cm³/mol. The fourth-order valence-electron chi connectivity index (χ4n) is 5.03.